The number of sulfonamides is 1. The van der Waals surface area contributed by atoms with Crippen molar-refractivity contribution >= 4 is 32.5 Å². The van der Waals surface area contributed by atoms with E-state index in [4.69, 9.17) is 5.11 Å². The Hall–Kier alpha value is -3.89. The number of rotatable bonds is 5. The van der Waals surface area contributed by atoms with Gasteiger partial charge in [-0.2, -0.15) is 0 Å². The highest BCUT2D eigenvalue weighted by molar-refractivity contribution is 7.92. The lowest BCUT2D eigenvalue weighted by Gasteiger charge is -2.11. The maximum absolute atomic E-state index is 14.5. The number of allylic oxidation sites excluding steroid dienone is 3. The standard InChI is InChI=1S/C25H20FNO4S/c1-17(10-12-18(2)25(28)29)11-13-20-8-5-9-23(26)24(20)27-32(30,31)22-15-14-19-6-3-4-7-21(19)16-22/h3-10,12,14-16,27H,1-2H3,(H,28,29)/b17-10+,18-12+. The molecule has 162 valence electrons. The fourth-order valence-electron chi connectivity index (χ4n) is 2.79. The lowest BCUT2D eigenvalue weighted by atomic mass is 10.1. The summed E-state index contributed by atoms with van der Waals surface area (Å²) in [5.74, 6) is 3.73. The molecule has 0 radical (unpaired) electrons. The van der Waals surface area contributed by atoms with Crippen LogP contribution in [0.5, 0.6) is 0 Å². The predicted molar refractivity (Wildman–Crippen MR) is 123 cm³/mol. The minimum atomic E-state index is -4.07. The normalized spacial score (nSPS) is 12.2. The summed E-state index contributed by atoms with van der Waals surface area (Å²) in [4.78, 5) is 10.9. The molecular formula is C25H20FNO4S. The SMILES string of the molecule is C/C(C#Cc1cccc(F)c1NS(=O)(=O)c1ccc2ccccc2c1)=C\C=C(/C)C(=O)O. The molecule has 32 heavy (non-hydrogen) atoms. The number of aliphatic carboxylic acids is 1. The first-order chi connectivity index (χ1) is 15.2. The van der Waals surface area contributed by atoms with Crippen LogP contribution in [0.15, 0.2) is 88.9 Å². The molecule has 0 fully saturated rings. The Kier molecular flexibility index (Phi) is 6.76. The Labute approximate surface area is 186 Å². The van der Waals surface area contributed by atoms with E-state index in [1.165, 1.54) is 43.3 Å². The largest absolute Gasteiger partial charge is 0.478 e. The summed E-state index contributed by atoms with van der Waals surface area (Å²) in [5.41, 5.74) is 0.568. The molecule has 7 heteroatoms. The van der Waals surface area contributed by atoms with E-state index in [2.05, 4.69) is 16.6 Å². The van der Waals surface area contributed by atoms with Crippen LogP contribution in [-0.4, -0.2) is 19.5 Å². The third-order valence-corrected chi connectivity index (χ3v) is 5.94. The molecule has 0 aromatic heterocycles. The monoisotopic (exact) mass is 449 g/mol. The van der Waals surface area contributed by atoms with Gasteiger partial charge in [0.2, 0.25) is 0 Å². The van der Waals surface area contributed by atoms with Crippen molar-refractivity contribution in [3.05, 3.63) is 95.3 Å². The van der Waals surface area contributed by atoms with Crippen LogP contribution in [0.25, 0.3) is 10.8 Å². The van der Waals surface area contributed by atoms with Gasteiger partial charge in [-0.25, -0.2) is 17.6 Å². The second-order valence-electron chi connectivity index (χ2n) is 7.03. The van der Waals surface area contributed by atoms with Crippen molar-refractivity contribution < 1.29 is 22.7 Å². The molecule has 3 aromatic carbocycles. The first-order valence-corrected chi connectivity index (χ1v) is 11.1. The molecule has 3 rings (SSSR count). The van der Waals surface area contributed by atoms with Crippen molar-refractivity contribution in [1.29, 1.82) is 0 Å². The summed E-state index contributed by atoms with van der Waals surface area (Å²) in [6, 6.07) is 16.1. The van der Waals surface area contributed by atoms with E-state index in [1.54, 1.807) is 25.1 Å². The number of benzene rings is 3. The van der Waals surface area contributed by atoms with Crippen molar-refractivity contribution in [3.8, 4) is 11.8 Å². The number of carboxylic acids is 1. The van der Waals surface area contributed by atoms with E-state index in [9.17, 15) is 17.6 Å². The Bertz CT molecular complexity index is 1430. The van der Waals surface area contributed by atoms with E-state index in [1.807, 2.05) is 12.1 Å². The summed E-state index contributed by atoms with van der Waals surface area (Å²) in [6.45, 7) is 3.11. The van der Waals surface area contributed by atoms with Gasteiger partial charge < -0.3 is 5.11 Å². The highest BCUT2D eigenvalue weighted by Crippen LogP contribution is 2.25. The molecule has 0 saturated heterocycles. The Morgan fingerprint density at radius 3 is 2.44 bits per heavy atom. The van der Waals surface area contributed by atoms with Crippen LogP contribution in [-0.2, 0) is 14.8 Å². The zero-order valence-corrected chi connectivity index (χ0v) is 18.2. The van der Waals surface area contributed by atoms with Crippen molar-refractivity contribution in [1.82, 2.24) is 0 Å². The molecule has 0 aliphatic rings. The molecule has 0 aliphatic heterocycles. The van der Waals surface area contributed by atoms with Crippen LogP contribution in [0.2, 0.25) is 0 Å². The molecule has 0 atom stereocenters. The van der Waals surface area contributed by atoms with Crippen LogP contribution in [0, 0.1) is 17.7 Å². The highest BCUT2D eigenvalue weighted by atomic mass is 32.2. The summed E-state index contributed by atoms with van der Waals surface area (Å²) in [5, 5.41) is 10.5. The quantitative estimate of drug-likeness (QED) is 0.322. The molecule has 0 aliphatic carbocycles. The van der Waals surface area contributed by atoms with E-state index >= 15 is 0 Å². The fourth-order valence-corrected chi connectivity index (χ4v) is 3.91. The lowest BCUT2D eigenvalue weighted by Crippen LogP contribution is -2.15. The van der Waals surface area contributed by atoms with E-state index < -0.39 is 21.8 Å². The second kappa shape index (κ2) is 9.50. The van der Waals surface area contributed by atoms with Crippen LogP contribution < -0.4 is 4.72 Å². The molecule has 3 aromatic rings. The highest BCUT2D eigenvalue weighted by Gasteiger charge is 2.18. The maximum Gasteiger partial charge on any atom is 0.331 e. The van der Waals surface area contributed by atoms with Crippen LogP contribution in [0.3, 0.4) is 0 Å². The molecule has 0 saturated carbocycles. The fraction of sp³-hybridized carbons (Fsp3) is 0.0800. The van der Waals surface area contributed by atoms with Gasteiger partial charge in [-0.05, 0) is 54.5 Å². The molecular weight excluding hydrogens is 429 g/mol. The molecule has 0 heterocycles. The summed E-state index contributed by atoms with van der Waals surface area (Å²) in [7, 11) is -4.07. The number of carbonyl (C=O) groups is 1. The number of nitrogens with one attached hydrogen (secondary N) is 1. The smallest absolute Gasteiger partial charge is 0.331 e. The van der Waals surface area contributed by atoms with E-state index in [-0.39, 0.29) is 21.7 Å². The van der Waals surface area contributed by atoms with Gasteiger partial charge in [0.25, 0.3) is 10.0 Å². The Morgan fingerprint density at radius 1 is 1.00 bits per heavy atom. The average Bonchev–Trinajstić information content (AvgIpc) is 2.77. The van der Waals surface area contributed by atoms with Crippen molar-refractivity contribution in [2.75, 3.05) is 4.72 Å². The predicted octanol–water partition coefficient (Wildman–Crippen LogP) is 5.11. The average molecular weight is 450 g/mol. The first kappa shape index (κ1) is 22.8. The molecule has 0 amide bonds. The third-order valence-electron chi connectivity index (χ3n) is 4.60. The van der Waals surface area contributed by atoms with E-state index in [0.29, 0.717) is 5.57 Å². The van der Waals surface area contributed by atoms with E-state index in [0.717, 1.165) is 16.8 Å². The summed E-state index contributed by atoms with van der Waals surface area (Å²) in [6.07, 6.45) is 2.93. The third kappa shape index (κ3) is 5.42. The lowest BCUT2D eigenvalue weighted by molar-refractivity contribution is -0.132. The van der Waals surface area contributed by atoms with Crippen LogP contribution in [0.1, 0.15) is 19.4 Å². The molecule has 5 nitrogen and oxygen atoms in total. The van der Waals surface area contributed by atoms with Crippen LogP contribution >= 0.6 is 0 Å². The zero-order chi connectivity index (χ0) is 23.3. The van der Waals surface area contributed by atoms with Gasteiger partial charge in [0, 0.05) is 5.57 Å². The van der Waals surface area contributed by atoms with Gasteiger partial charge in [-0.3, -0.25) is 4.72 Å². The van der Waals surface area contributed by atoms with Crippen molar-refractivity contribution in [2.24, 2.45) is 0 Å². The zero-order valence-electron chi connectivity index (χ0n) is 17.4. The number of anilines is 1. The number of para-hydroxylation sites is 1. The Morgan fingerprint density at radius 2 is 1.72 bits per heavy atom. The summed E-state index contributed by atoms with van der Waals surface area (Å²) < 4.78 is 42.7. The van der Waals surface area contributed by atoms with Gasteiger partial charge in [-0.15, -0.1) is 0 Å². The summed E-state index contributed by atoms with van der Waals surface area (Å²) >= 11 is 0. The molecule has 0 bridgehead atoms. The molecule has 0 spiro atoms. The topological polar surface area (TPSA) is 83.5 Å². The first-order valence-electron chi connectivity index (χ1n) is 9.58. The van der Waals surface area contributed by atoms with Crippen LogP contribution in [0.4, 0.5) is 10.1 Å². The maximum atomic E-state index is 14.5. The minimum absolute atomic E-state index is 0.00345. The number of fused-ring (bicyclic) bond motifs is 1. The van der Waals surface area contributed by atoms with Crippen molar-refractivity contribution in [2.45, 2.75) is 18.7 Å². The number of halogens is 1. The number of carboxylic acid groups (broad SMARTS) is 1. The molecule has 0 unspecified atom stereocenters. The second-order valence-corrected chi connectivity index (χ2v) is 8.71. The van der Waals surface area contributed by atoms with Gasteiger partial charge in [-0.1, -0.05) is 60.4 Å². The number of hydrogen-bond donors (Lipinski definition) is 2. The van der Waals surface area contributed by atoms with Crippen molar-refractivity contribution in [3.63, 3.8) is 0 Å². The minimum Gasteiger partial charge on any atom is -0.478 e. The van der Waals surface area contributed by atoms with Gasteiger partial charge in [0.1, 0.15) is 11.5 Å². The number of hydrogen-bond acceptors (Lipinski definition) is 3. The van der Waals surface area contributed by atoms with Gasteiger partial charge in [0.05, 0.1) is 10.5 Å². The van der Waals surface area contributed by atoms with Gasteiger partial charge >= 0.3 is 5.97 Å². The van der Waals surface area contributed by atoms with Gasteiger partial charge in [0.15, 0.2) is 0 Å². The molecule has 2 N–H and O–H groups in total. The Balaban J connectivity index is 1.95.